The van der Waals surface area contributed by atoms with Crippen molar-refractivity contribution in [3.63, 3.8) is 0 Å². The summed E-state index contributed by atoms with van der Waals surface area (Å²) in [6, 6.07) is 8.06. The number of benzene rings is 1. The number of aromatic nitrogens is 2. The van der Waals surface area contributed by atoms with Gasteiger partial charge in [0, 0.05) is 30.2 Å². The van der Waals surface area contributed by atoms with E-state index in [1.165, 1.54) is 5.56 Å². The second-order valence-corrected chi connectivity index (χ2v) is 4.97. The first kappa shape index (κ1) is 13.1. The van der Waals surface area contributed by atoms with E-state index in [0.717, 1.165) is 30.1 Å². The Labute approximate surface area is 113 Å². The van der Waals surface area contributed by atoms with Gasteiger partial charge in [-0.1, -0.05) is 30.7 Å². The van der Waals surface area contributed by atoms with Gasteiger partial charge in [-0.25, -0.2) is 4.98 Å². The van der Waals surface area contributed by atoms with Gasteiger partial charge in [0.2, 0.25) is 0 Å². The number of nitrogens with two attached hydrogens (primary N) is 1. The quantitative estimate of drug-likeness (QED) is 0.902. The van der Waals surface area contributed by atoms with E-state index in [-0.39, 0.29) is 6.04 Å². The standard InChI is InChI=1S/C14H18ClN3/c1-2-13(16)7-14-9-18(10-17-14)8-11-3-5-12(15)6-4-11/h3-6,9-10,13H,2,7-8,16H2,1H3. The molecule has 3 nitrogen and oxygen atoms in total. The van der Waals surface area contributed by atoms with Crippen molar-refractivity contribution in [3.05, 3.63) is 53.1 Å². The van der Waals surface area contributed by atoms with Crippen LogP contribution in [0.3, 0.4) is 0 Å². The Hall–Kier alpha value is -1.32. The normalized spacial score (nSPS) is 12.6. The van der Waals surface area contributed by atoms with Crippen LogP contribution in [0, 0.1) is 0 Å². The van der Waals surface area contributed by atoms with E-state index in [9.17, 15) is 0 Å². The zero-order chi connectivity index (χ0) is 13.0. The maximum absolute atomic E-state index is 5.92. The summed E-state index contributed by atoms with van der Waals surface area (Å²) in [4.78, 5) is 4.37. The van der Waals surface area contributed by atoms with Gasteiger partial charge in [0.05, 0.1) is 12.0 Å². The van der Waals surface area contributed by atoms with Crippen LogP contribution < -0.4 is 5.73 Å². The lowest BCUT2D eigenvalue weighted by molar-refractivity contribution is 0.638. The fourth-order valence-electron chi connectivity index (χ4n) is 1.81. The largest absolute Gasteiger partial charge is 0.333 e. The summed E-state index contributed by atoms with van der Waals surface area (Å²) in [7, 11) is 0. The van der Waals surface area contributed by atoms with Gasteiger partial charge >= 0.3 is 0 Å². The number of hydrogen-bond donors (Lipinski definition) is 1. The first-order valence-corrected chi connectivity index (χ1v) is 6.56. The summed E-state index contributed by atoms with van der Waals surface area (Å²) in [5.74, 6) is 0. The lowest BCUT2D eigenvalue weighted by Crippen LogP contribution is -2.21. The van der Waals surface area contributed by atoms with Crippen LogP contribution in [0.25, 0.3) is 0 Å². The van der Waals surface area contributed by atoms with Crippen LogP contribution in [0.5, 0.6) is 0 Å². The minimum absolute atomic E-state index is 0.198. The predicted molar refractivity (Wildman–Crippen MR) is 74.8 cm³/mol. The maximum atomic E-state index is 5.92. The van der Waals surface area contributed by atoms with E-state index >= 15 is 0 Å². The van der Waals surface area contributed by atoms with Gasteiger partial charge in [-0.15, -0.1) is 0 Å². The van der Waals surface area contributed by atoms with Gasteiger partial charge in [-0.05, 0) is 24.1 Å². The second kappa shape index (κ2) is 6.03. The van der Waals surface area contributed by atoms with Gasteiger partial charge in [-0.2, -0.15) is 0 Å². The molecule has 0 spiro atoms. The number of imidazole rings is 1. The van der Waals surface area contributed by atoms with Gasteiger partial charge < -0.3 is 10.3 Å². The van der Waals surface area contributed by atoms with Crippen LogP contribution in [0.2, 0.25) is 5.02 Å². The molecular formula is C14H18ClN3. The molecule has 18 heavy (non-hydrogen) atoms. The Kier molecular flexibility index (Phi) is 4.39. The van der Waals surface area contributed by atoms with Crippen molar-refractivity contribution in [2.24, 2.45) is 5.73 Å². The summed E-state index contributed by atoms with van der Waals surface area (Å²) >= 11 is 5.86. The zero-order valence-corrected chi connectivity index (χ0v) is 11.3. The molecular weight excluding hydrogens is 246 g/mol. The highest BCUT2D eigenvalue weighted by atomic mass is 35.5. The molecule has 1 heterocycles. The molecule has 2 aromatic rings. The molecule has 0 saturated heterocycles. The molecule has 0 fully saturated rings. The Morgan fingerprint density at radius 3 is 2.72 bits per heavy atom. The van der Waals surface area contributed by atoms with Gasteiger partial charge in [0.25, 0.3) is 0 Å². The van der Waals surface area contributed by atoms with Crippen LogP contribution in [0.15, 0.2) is 36.8 Å². The average Bonchev–Trinajstić information content (AvgIpc) is 2.79. The third-order valence-corrected chi connectivity index (χ3v) is 3.21. The molecule has 2 rings (SSSR count). The summed E-state index contributed by atoms with van der Waals surface area (Å²) in [6.07, 6.45) is 5.73. The molecule has 1 unspecified atom stereocenters. The first-order chi connectivity index (χ1) is 8.67. The number of halogens is 1. The van der Waals surface area contributed by atoms with Crippen molar-refractivity contribution in [1.82, 2.24) is 9.55 Å². The molecule has 1 aromatic heterocycles. The fraction of sp³-hybridized carbons (Fsp3) is 0.357. The van der Waals surface area contributed by atoms with Gasteiger partial charge in [-0.3, -0.25) is 0 Å². The van der Waals surface area contributed by atoms with Crippen LogP contribution >= 0.6 is 11.6 Å². The third kappa shape index (κ3) is 3.59. The van der Waals surface area contributed by atoms with Crippen LogP contribution in [0.4, 0.5) is 0 Å². The molecule has 0 bridgehead atoms. The van der Waals surface area contributed by atoms with Crippen molar-refractivity contribution in [2.45, 2.75) is 32.4 Å². The highest BCUT2D eigenvalue weighted by molar-refractivity contribution is 6.30. The van der Waals surface area contributed by atoms with Crippen LogP contribution in [0.1, 0.15) is 24.6 Å². The Morgan fingerprint density at radius 2 is 2.06 bits per heavy atom. The molecule has 0 aliphatic carbocycles. The molecule has 0 saturated carbocycles. The fourth-order valence-corrected chi connectivity index (χ4v) is 1.94. The van der Waals surface area contributed by atoms with E-state index in [2.05, 4.69) is 22.7 Å². The van der Waals surface area contributed by atoms with E-state index in [1.807, 2.05) is 30.6 Å². The molecule has 1 atom stereocenters. The summed E-state index contributed by atoms with van der Waals surface area (Å²) in [5, 5.41) is 0.763. The monoisotopic (exact) mass is 263 g/mol. The van der Waals surface area contributed by atoms with Crippen LogP contribution in [-0.2, 0) is 13.0 Å². The van der Waals surface area contributed by atoms with E-state index in [0.29, 0.717) is 0 Å². The van der Waals surface area contributed by atoms with E-state index in [4.69, 9.17) is 17.3 Å². The molecule has 0 radical (unpaired) electrons. The Balaban J connectivity index is 2.00. The Bertz CT molecular complexity index is 490. The summed E-state index contributed by atoms with van der Waals surface area (Å²) in [6.45, 7) is 2.90. The molecule has 96 valence electrons. The van der Waals surface area contributed by atoms with Crippen LogP contribution in [-0.4, -0.2) is 15.6 Å². The van der Waals surface area contributed by atoms with Crippen molar-refractivity contribution in [2.75, 3.05) is 0 Å². The minimum atomic E-state index is 0.198. The summed E-state index contributed by atoms with van der Waals surface area (Å²) in [5.41, 5.74) is 8.18. The van der Waals surface area contributed by atoms with E-state index in [1.54, 1.807) is 0 Å². The van der Waals surface area contributed by atoms with Crippen molar-refractivity contribution in [1.29, 1.82) is 0 Å². The topological polar surface area (TPSA) is 43.8 Å². The zero-order valence-electron chi connectivity index (χ0n) is 10.5. The highest BCUT2D eigenvalue weighted by Crippen LogP contribution is 2.11. The third-order valence-electron chi connectivity index (χ3n) is 2.96. The number of nitrogens with zero attached hydrogens (tertiary/aromatic N) is 2. The van der Waals surface area contributed by atoms with Gasteiger partial charge in [0.1, 0.15) is 0 Å². The number of rotatable bonds is 5. The highest BCUT2D eigenvalue weighted by Gasteiger charge is 2.04. The van der Waals surface area contributed by atoms with Gasteiger partial charge in [0.15, 0.2) is 0 Å². The SMILES string of the molecule is CCC(N)Cc1cn(Cc2ccc(Cl)cc2)cn1. The molecule has 0 aliphatic rings. The van der Waals surface area contributed by atoms with Crippen molar-refractivity contribution >= 4 is 11.6 Å². The average molecular weight is 264 g/mol. The second-order valence-electron chi connectivity index (χ2n) is 4.54. The molecule has 1 aromatic carbocycles. The molecule has 0 amide bonds. The number of hydrogen-bond acceptors (Lipinski definition) is 2. The van der Waals surface area contributed by atoms with Crippen molar-refractivity contribution < 1.29 is 0 Å². The van der Waals surface area contributed by atoms with E-state index < -0.39 is 0 Å². The molecule has 2 N–H and O–H groups in total. The maximum Gasteiger partial charge on any atom is 0.0952 e. The molecule has 4 heteroatoms. The summed E-state index contributed by atoms with van der Waals surface area (Å²) < 4.78 is 2.07. The minimum Gasteiger partial charge on any atom is -0.333 e. The van der Waals surface area contributed by atoms with Crippen molar-refractivity contribution in [3.8, 4) is 0 Å². The lowest BCUT2D eigenvalue weighted by Gasteiger charge is -2.05. The first-order valence-electron chi connectivity index (χ1n) is 6.18. The smallest absolute Gasteiger partial charge is 0.0952 e. The predicted octanol–water partition coefficient (Wildman–Crippen LogP) is 2.86. The lowest BCUT2D eigenvalue weighted by atomic mass is 10.1. The molecule has 0 aliphatic heterocycles. The Morgan fingerprint density at radius 1 is 1.33 bits per heavy atom.